The van der Waals surface area contributed by atoms with Crippen molar-refractivity contribution in [3.05, 3.63) is 52.8 Å². The normalized spacial score (nSPS) is 12.0. The van der Waals surface area contributed by atoms with E-state index in [0.29, 0.717) is 17.0 Å². The monoisotopic (exact) mass is 295 g/mol. The summed E-state index contributed by atoms with van der Waals surface area (Å²) in [6.07, 6.45) is 0. The number of hydrogen-bond donors (Lipinski definition) is 2. The zero-order valence-corrected chi connectivity index (χ0v) is 11.9. The molecule has 0 fully saturated rings. The third kappa shape index (κ3) is 3.14. The third-order valence-corrected chi connectivity index (χ3v) is 3.31. The number of benzene rings is 2. The molecule has 0 aromatic heterocycles. The predicted molar refractivity (Wildman–Crippen MR) is 78.1 cm³/mol. The number of ether oxygens (including phenoxy) is 1. The van der Waals surface area contributed by atoms with Gasteiger partial charge in [-0.1, -0.05) is 17.7 Å². The first-order chi connectivity index (χ1) is 9.51. The Kier molecular flexibility index (Phi) is 4.35. The second kappa shape index (κ2) is 6.01. The Morgan fingerprint density at radius 3 is 2.60 bits per heavy atom. The van der Waals surface area contributed by atoms with Crippen LogP contribution in [0.25, 0.3) is 0 Å². The molecule has 20 heavy (non-hydrogen) atoms. The van der Waals surface area contributed by atoms with E-state index in [1.807, 2.05) is 6.92 Å². The molecule has 0 bridgehead atoms. The van der Waals surface area contributed by atoms with Crippen LogP contribution in [0.2, 0.25) is 5.02 Å². The van der Waals surface area contributed by atoms with E-state index >= 15 is 0 Å². The average molecular weight is 296 g/mol. The van der Waals surface area contributed by atoms with Crippen molar-refractivity contribution in [2.45, 2.75) is 13.0 Å². The van der Waals surface area contributed by atoms with Crippen molar-refractivity contribution in [3.63, 3.8) is 0 Å². The average Bonchev–Trinajstić information content (AvgIpc) is 2.42. The van der Waals surface area contributed by atoms with Gasteiger partial charge in [0.1, 0.15) is 17.3 Å². The van der Waals surface area contributed by atoms with Crippen molar-refractivity contribution in [3.8, 4) is 11.5 Å². The smallest absolute Gasteiger partial charge is 0.134 e. The number of anilines is 1. The van der Waals surface area contributed by atoms with Crippen LogP contribution in [0, 0.1) is 5.82 Å². The standard InChI is InChI=1S/C15H15ClFNO2/c1-9(12-5-4-11(20-2)8-14(12)17)18-10-3-6-15(19)13(16)7-10/h3-9,18-19H,1-2H3. The summed E-state index contributed by atoms with van der Waals surface area (Å²) in [5.41, 5.74) is 1.23. The molecule has 5 heteroatoms. The molecule has 0 saturated heterocycles. The molecule has 0 aliphatic carbocycles. The van der Waals surface area contributed by atoms with Gasteiger partial charge in [0.05, 0.1) is 18.2 Å². The largest absolute Gasteiger partial charge is 0.506 e. The molecule has 0 heterocycles. The Bertz CT molecular complexity index is 619. The highest BCUT2D eigenvalue weighted by molar-refractivity contribution is 6.32. The lowest BCUT2D eigenvalue weighted by molar-refractivity contribution is 0.410. The van der Waals surface area contributed by atoms with Crippen LogP contribution >= 0.6 is 11.6 Å². The van der Waals surface area contributed by atoms with Gasteiger partial charge in [0.15, 0.2) is 0 Å². The van der Waals surface area contributed by atoms with E-state index in [1.54, 1.807) is 24.3 Å². The highest BCUT2D eigenvalue weighted by Gasteiger charge is 2.12. The van der Waals surface area contributed by atoms with E-state index < -0.39 is 0 Å². The van der Waals surface area contributed by atoms with Crippen LogP contribution in [-0.4, -0.2) is 12.2 Å². The van der Waals surface area contributed by atoms with Crippen LogP contribution in [0.1, 0.15) is 18.5 Å². The molecule has 0 aliphatic heterocycles. The van der Waals surface area contributed by atoms with Crippen molar-refractivity contribution < 1.29 is 14.2 Å². The number of nitrogens with one attached hydrogen (secondary N) is 1. The fourth-order valence-corrected chi connectivity index (χ4v) is 2.09. The van der Waals surface area contributed by atoms with Gasteiger partial charge < -0.3 is 15.2 Å². The molecule has 0 radical (unpaired) electrons. The van der Waals surface area contributed by atoms with E-state index in [0.717, 1.165) is 0 Å². The van der Waals surface area contributed by atoms with Gasteiger partial charge in [-0.3, -0.25) is 0 Å². The summed E-state index contributed by atoms with van der Waals surface area (Å²) in [5, 5.41) is 12.7. The van der Waals surface area contributed by atoms with Crippen LogP contribution in [0.4, 0.5) is 10.1 Å². The second-order valence-corrected chi connectivity index (χ2v) is 4.83. The number of phenolic OH excluding ortho intramolecular Hbond substituents is 1. The van der Waals surface area contributed by atoms with Gasteiger partial charge in [-0.2, -0.15) is 0 Å². The number of halogens is 2. The first-order valence-electron chi connectivity index (χ1n) is 6.09. The van der Waals surface area contributed by atoms with Gasteiger partial charge in [0.2, 0.25) is 0 Å². The van der Waals surface area contributed by atoms with Crippen molar-refractivity contribution in [1.29, 1.82) is 0 Å². The van der Waals surface area contributed by atoms with Gasteiger partial charge in [0, 0.05) is 17.3 Å². The number of rotatable bonds is 4. The maximum Gasteiger partial charge on any atom is 0.134 e. The van der Waals surface area contributed by atoms with Crippen LogP contribution in [0.15, 0.2) is 36.4 Å². The number of hydrogen-bond acceptors (Lipinski definition) is 3. The molecule has 2 rings (SSSR count). The van der Waals surface area contributed by atoms with Crippen LogP contribution in [-0.2, 0) is 0 Å². The Morgan fingerprint density at radius 2 is 2.00 bits per heavy atom. The minimum atomic E-state index is -0.339. The summed E-state index contributed by atoms with van der Waals surface area (Å²) in [5.74, 6) is 0.154. The molecular weight excluding hydrogens is 281 g/mol. The zero-order chi connectivity index (χ0) is 14.7. The zero-order valence-electron chi connectivity index (χ0n) is 11.2. The van der Waals surface area contributed by atoms with Gasteiger partial charge >= 0.3 is 0 Å². The SMILES string of the molecule is COc1ccc(C(C)Nc2ccc(O)c(Cl)c2)c(F)c1. The summed E-state index contributed by atoms with van der Waals surface area (Å²) in [6, 6.07) is 9.24. The molecule has 0 aliphatic rings. The summed E-state index contributed by atoms with van der Waals surface area (Å²) >= 11 is 5.83. The van der Waals surface area contributed by atoms with Crippen molar-refractivity contribution in [2.24, 2.45) is 0 Å². The molecule has 3 nitrogen and oxygen atoms in total. The molecule has 0 amide bonds. The summed E-state index contributed by atoms with van der Waals surface area (Å²) in [4.78, 5) is 0. The van der Waals surface area contributed by atoms with Gasteiger partial charge in [-0.05, 0) is 31.2 Å². The topological polar surface area (TPSA) is 41.5 Å². The molecule has 1 atom stereocenters. The van der Waals surface area contributed by atoms with E-state index in [-0.39, 0.29) is 22.6 Å². The lowest BCUT2D eigenvalue weighted by atomic mass is 10.1. The van der Waals surface area contributed by atoms with Crippen LogP contribution in [0.3, 0.4) is 0 Å². The molecule has 106 valence electrons. The molecule has 2 aromatic carbocycles. The minimum Gasteiger partial charge on any atom is -0.506 e. The first kappa shape index (κ1) is 14.5. The molecule has 0 saturated carbocycles. The molecule has 0 spiro atoms. The Balaban J connectivity index is 2.19. The molecular formula is C15H15ClFNO2. The lowest BCUT2D eigenvalue weighted by Crippen LogP contribution is -2.08. The third-order valence-electron chi connectivity index (χ3n) is 3.00. The summed E-state index contributed by atoms with van der Waals surface area (Å²) in [6.45, 7) is 1.84. The van der Waals surface area contributed by atoms with E-state index in [4.69, 9.17) is 16.3 Å². The second-order valence-electron chi connectivity index (χ2n) is 4.42. The Morgan fingerprint density at radius 1 is 1.25 bits per heavy atom. The van der Waals surface area contributed by atoms with Crippen molar-refractivity contribution >= 4 is 17.3 Å². The van der Waals surface area contributed by atoms with E-state index in [9.17, 15) is 9.50 Å². The Hall–Kier alpha value is -1.94. The van der Waals surface area contributed by atoms with Crippen LogP contribution in [0.5, 0.6) is 11.5 Å². The summed E-state index contributed by atoms with van der Waals surface area (Å²) in [7, 11) is 1.49. The van der Waals surface area contributed by atoms with Crippen molar-refractivity contribution in [1.82, 2.24) is 0 Å². The summed E-state index contributed by atoms with van der Waals surface area (Å²) < 4.78 is 18.9. The van der Waals surface area contributed by atoms with Crippen LogP contribution < -0.4 is 10.1 Å². The Labute approximate surface area is 122 Å². The van der Waals surface area contributed by atoms with E-state index in [1.165, 1.54) is 19.2 Å². The molecule has 1 unspecified atom stereocenters. The fourth-order valence-electron chi connectivity index (χ4n) is 1.91. The predicted octanol–water partition coefficient (Wildman–Crippen LogP) is 4.37. The van der Waals surface area contributed by atoms with Crippen molar-refractivity contribution in [2.75, 3.05) is 12.4 Å². The maximum absolute atomic E-state index is 13.9. The minimum absolute atomic E-state index is 0.0143. The molecule has 2 N–H and O–H groups in total. The highest BCUT2D eigenvalue weighted by atomic mass is 35.5. The lowest BCUT2D eigenvalue weighted by Gasteiger charge is -2.17. The number of phenols is 1. The van der Waals surface area contributed by atoms with Gasteiger partial charge in [-0.15, -0.1) is 0 Å². The number of aromatic hydroxyl groups is 1. The van der Waals surface area contributed by atoms with E-state index in [2.05, 4.69) is 5.32 Å². The highest BCUT2D eigenvalue weighted by Crippen LogP contribution is 2.29. The van der Waals surface area contributed by atoms with Gasteiger partial charge in [0.25, 0.3) is 0 Å². The maximum atomic E-state index is 13.9. The van der Waals surface area contributed by atoms with Gasteiger partial charge in [-0.25, -0.2) is 4.39 Å². The first-order valence-corrected chi connectivity index (χ1v) is 6.47. The molecule has 2 aromatic rings. The fraction of sp³-hybridized carbons (Fsp3) is 0.200. The number of methoxy groups -OCH3 is 1. The quantitative estimate of drug-likeness (QED) is 0.823.